The highest BCUT2D eigenvalue weighted by Crippen LogP contribution is 2.57. The van der Waals surface area contributed by atoms with Crippen LogP contribution in [0.4, 0.5) is 22.7 Å². The number of nitrogens with two attached hydrogens (primary N) is 4. The summed E-state index contributed by atoms with van der Waals surface area (Å²) in [5.74, 6) is 2.60. The van der Waals surface area contributed by atoms with Crippen LogP contribution < -0.4 is 32.4 Å². The Hall–Kier alpha value is -5.88. The number of nitrogen functional groups attached to an aromatic ring is 4. The maximum absolute atomic E-state index is 6.32. The van der Waals surface area contributed by atoms with E-state index >= 15 is 0 Å². The molecule has 6 nitrogen and oxygen atoms in total. The third-order valence-electron chi connectivity index (χ3n) is 8.05. The molecule has 0 fully saturated rings. The molecule has 43 heavy (non-hydrogen) atoms. The second-order valence-electron chi connectivity index (χ2n) is 10.7. The fourth-order valence-corrected chi connectivity index (χ4v) is 6.10. The number of rotatable bonds is 6. The van der Waals surface area contributed by atoms with E-state index in [0.717, 1.165) is 33.4 Å². The molecule has 0 aliphatic heterocycles. The van der Waals surface area contributed by atoms with Crippen LogP contribution in [0.3, 0.4) is 0 Å². The van der Waals surface area contributed by atoms with Crippen LogP contribution in [-0.4, -0.2) is 0 Å². The van der Waals surface area contributed by atoms with Crippen LogP contribution in [0.15, 0.2) is 133 Å². The van der Waals surface area contributed by atoms with Gasteiger partial charge in [-0.15, -0.1) is 0 Å². The van der Waals surface area contributed by atoms with Crippen molar-refractivity contribution in [3.63, 3.8) is 0 Å². The Morgan fingerprint density at radius 2 is 0.814 bits per heavy atom. The summed E-state index contributed by atoms with van der Waals surface area (Å²) in [7, 11) is 0. The van der Waals surface area contributed by atoms with Gasteiger partial charge < -0.3 is 32.4 Å². The summed E-state index contributed by atoms with van der Waals surface area (Å²) in [6.07, 6.45) is 0. The summed E-state index contributed by atoms with van der Waals surface area (Å²) in [5, 5.41) is 0. The van der Waals surface area contributed by atoms with Gasteiger partial charge in [-0.3, -0.25) is 0 Å². The highest BCUT2D eigenvalue weighted by atomic mass is 16.5. The fraction of sp³-hybridized carbons (Fsp3) is 0.0270. The molecule has 1 aliphatic rings. The molecule has 0 spiro atoms. The number of para-hydroxylation sites is 4. The summed E-state index contributed by atoms with van der Waals surface area (Å²) in [4.78, 5) is 0. The van der Waals surface area contributed by atoms with Crippen molar-refractivity contribution in [2.45, 2.75) is 5.41 Å². The first kappa shape index (κ1) is 26.0. The zero-order valence-electron chi connectivity index (χ0n) is 23.3. The molecule has 6 aromatic carbocycles. The van der Waals surface area contributed by atoms with Crippen molar-refractivity contribution in [1.29, 1.82) is 0 Å². The summed E-state index contributed by atoms with van der Waals surface area (Å²) in [6.45, 7) is 0. The van der Waals surface area contributed by atoms with Crippen LogP contribution in [0, 0.1) is 0 Å². The molecule has 7 rings (SSSR count). The highest BCUT2D eigenvalue weighted by molar-refractivity contribution is 5.89. The van der Waals surface area contributed by atoms with Gasteiger partial charge in [-0.05, 0) is 106 Å². The largest absolute Gasteiger partial charge is 0.455 e. The number of benzene rings is 6. The zero-order chi connectivity index (χ0) is 29.6. The Morgan fingerprint density at radius 3 is 1.21 bits per heavy atom. The number of ether oxygens (including phenoxy) is 2. The van der Waals surface area contributed by atoms with Crippen LogP contribution in [0.25, 0.3) is 11.1 Å². The van der Waals surface area contributed by atoms with E-state index in [0.29, 0.717) is 45.7 Å². The normalized spacial score (nSPS) is 12.7. The Labute approximate surface area is 250 Å². The first-order valence-electron chi connectivity index (χ1n) is 14.0. The van der Waals surface area contributed by atoms with E-state index < -0.39 is 5.41 Å². The highest BCUT2D eigenvalue weighted by Gasteiger charge is 2.46. The molecule has 210 valence electrons. The van der Waals surface area contributed by atoms with Crippen LogP contribution in [0.1, 0.15) is 22.3 Å². The van der Waals surface area contributed by atoms with E-state index in [2.05, 4.69) is 36.4 Å². The minimum Gasteiger partial charge on any atom is -0.455 e. The first-order valence-corrected chi connectivity index (χ1v) is 14.0. The number of fused-ring (bicyclic) bond motifs is 3. The SMILES string of the molecule is Nc1ccc2c(c1)-c1cc(N)ccc1C2(c1ccc(Oc2ccccc2N)cc1)c1ccc(Oc2ccccc2N)cc1. The number of anilines is 4. The molecule has 0 saturated heterocycles. The molecular weight excluding hydrogens is 532 g/mol. The lowest BCUT2D eigenvalue weighted by molar-refractivity contribution is 0.484. The summed E-state index contributed by atoms with van der Waals surface area (Å²) < 4.78 is 12.3. The van der Waals surface area contributed by atoms with Crippen molar-refractivity contribution in [2.75, 3.05) is 22.9 Å². The van der Waals surface area contributed by atoms with Crippen LogP contribution in [0.2, 0.25) is 0 Å². The lowest BCUT2D eigenvalue weighted by Gasteiger charge is -2.34. The molecule has 6 heteroatoms. The quantitative estimate of drug-likeness (QED) is 0.153. The Kier molecular flexibility index (Phi) is 6.17. The van der Waals surface area contributed by atoms with Crippen LogP contribution in [0.5, 0.6) is 23.0 Å². The molecule has 0 radical (unpaired) electrons. The monoisotopic (exact) mass is 562 g/mol. The lowest BCUT2D eigenvalue weighted by atomic mass is 9.67. The maximum Gasteiger partial charge on any atom is 0.150 e. The second kappa shape index (κ2) is 10.2. The molecule has 1 aliphatic carbocycles. The average molecular weight is 563 g/mol. The molecule has 0 unspecified atom stereocenters. The molecular formula is C37H30N4O2. The summed E-state index contributed by atoms with van der Waals surface area (Å²) in [6, 6.07) is 43.5. The van der Waals surface area contributed by atoms with E-state index in [-0.39, 0.29) is 0 Å². The van der Waals surface area contributed by atoms with Crippen LogP contribution in [-0.2, 0) is 5.41 Å². The number of hydrogen-bond donors (Lipinski definition) is 4. The van der Waals surface area contributed by atoms with E-state index in [9.17, 15) is 0 Å². The van der Waals surface area contributed by atoms with Gasteiger partial charge in [-0.25, -0.2) is 0 Å². The molecule has 0 amide bonds. The molecule has 6 aromatic rings. The van der Waals surface area contributed by atoms with E-state index in [4.69, 9.17) is 32.4 Å². The van der Waals surface area contributed by atoms with Crippen molar-refractivity contribution < 1.29 is 9.47 Å². The Bertz CT molecular complexity index is 1820. The Balaban J connectivity index is 1.39. The van der Waals surface area contributed by atoms with Crippen molar-refractivity contribution in [2.24, 2.45) is 0 Å². The molecule has 0 atom stereocenters. The Morgan fingerprint density at radius 1 is 0.419 bits per heavy atom. The lowest BCUT2D eigenvalue weighted by Crippen LogP contribution is -2.28. The van der Waals surface area contributed by atoms with Gasteiger partial charge in [0.15, 0.2) is 0 Å². The molecule has 8 N–H and O–H groups in total. The minimum absolute atomic E-state index is 0.580. The van der Waals surface area contributed by atoms with Crippen molar-refractivity contribution in [1.82, 2.24) is 0 Å². The number of hydrogen-bond acceptors (Lipinski definition) is 6. The summed E-state index contributed by atoms with van der Waals surface area (Å²) in [5.41, 5.74) is 33.3. The topological polar surface area (TPSA) is 123 Å². The second-order valence-corrected chi connectivity index (χ2v) is 10.7. The predicted octanol–water partition coefficient (Wildman–Crippen LogP) is 7.96. The van der Waals surface area contributed by atoms with Gasteiger partial charge in [-0.1, -0.05) is 60.7 Å². The summed E-state index contributed by atoms with van der Waals surface area (Å²) >= 11 is 0. The van der Waals surface area contributed by atoms with Crippen LogP contribution >= 0.6 is 0 Å². The fourth-order valence-electron chi connectivity index (χ4n) is 6.10. The third kappa shape index (κ3) is 4.37. The van der Waals surface area contributed by atoms with Gasteiger partial charge in [0.2, 0.25) is 0 Å². The van der Waals surface area contributed by atoms with Gasteiger partial charge in [0.05, 0.1) is 16.8 Å². The van der Waals surface area contributed by atoms with Crippen molar-refractivity contribution >= 4 is 22.7 Å². The van der Waals surface area contributed by atoms with Crippen molar-refractivity contribution in [3.8, 4) is 34.1 Å². The van der Waals surface area contributed by atoms with E-state index in [1.807, 2.05) is 97.1 Å². The van der Waals surface area contributed by atoms with Gasteiger partial charge >= 0.3 is 0 Å². The van der Waals surface area contributed by atoms with Gasteiger partial charge in [0.25, 0.3) is 0 Å². The molecule has 0 aromatic heterocycles. The molecule has 0 saturated carbocycles. The first-order chi connectivity index (χ1) is 20.9. The maximum atomic E-state index is 6.32. The van der Waals surface area contributed by atoms with Gasteiger partial charge in [0.1, 0.15) is 23.0 Å². The van der Waals surface area contributed by atoms with E-state index in [1.165, 1.54) is 0 Å². The predicted molar refractivity (Wildman–Crippen MR) is 174 cm³/mol. The van der Waals surface area contributed by atoms with Crippen molar-refractivity contribution in [3.05, 3.63) is 156 Å². The smallest absolute Gasteiger partial charge is 0.150 e. The minimum atomic E-state index is -0.652. The molecule has 0 heterocycles. The van der Waals surface area contributed by atoms with E-state index in [1.54, 1.807) is 0 Å². The van der Waals surface area contributed by atoms with Gasteiger partial charge in [0, 0.05) is 11.4 Å². The third-order valence-corrected chi connectivity index (χ3v) is 8.05. The standard InChI is InChI=1S/C37H30N4O2/c38-25-13-19-31-29(21-25)30-22-26(39)14-20-32(30)37(31,23-9-15-27(16-10-23)42-35-7-3-1-5-33(35)40)24-11-17-28(18-12-24)43-36-8-4-2-6-34(36)41/h1-22H,38-41H2. The molecule has 0 bridgehead atoms. The van der Waals surface area contributed by atoms with Gasteiger partial charge in [-0.2, -0.15) is 0 Å². The average Bonchev–Trinajstić information content (AvgIpc) is 3.29. The zero-order valence-corrected chi connectivity index (χ0v) is 23.3.